The van der Waals surface area contributed by atoms with E-state index in [4.69, 9.17) is 19.1 Å². The monoisotopic (exact) mass is 800 g/mol. The number of carbonyl (C=O) groups excluding carboxylic acids is 2. The van der Waals surface area contributed by atoms with Crippen molar-refractivity contribution in [1.29, 1.82) is 0 Å². The van der Waals surface area contributed by atoms with Gasteiger partial charge in [0.15, 0.2) is 17.4 Å². The number of aromatic nitrogens is 4. The molecule has 2 fully saturated rings. The zero-order chi connectivity index (χ0) is 40.9. The molecule has 0 N–H and O–H groups in total. The molecule has 0 aliphatic carbocycles. The normalized spacial score (nSPS) is 19.1. The van der Waals surface area contributed by atoms with E-state index in [1.807, 2.05) is 49.6 Å². The van der Waals surface area contributed by atoms with E-state index in [0.717, 1.165) is 65.3 Å². The van der Waals surface area contributed by atoms with Gasteiger partial charge in [0.1, 0.15) is 5.92 Å². The highest BCUT2D eigenvalue weighted by molar-refractivity contribution is 5.81. The van der Waals surface area contributed by atoms with Crippen LogP contribution in [0.3, 0.4) is 0 Å². The summed E-state index contributed by atoms with van der Waals surface area (Å²) in [5.74, 6) is 0.877. The standard InChI is InChI=1S/C41H48F2N8O5.C2H6/c1-24(2)37(40(53)54-4)35-18-36(46-56-35)48-21-41(22-48)23-50(34-19-44-11-7-30(34)41)33-16-26-6-5-12-49(32(26)17-28(33)38(42)43)39-29-20-47(25(3)52)13-8-31(29)51(45-39)27-9-14-55-15-10-27;1-2/h7,11,16-19,24,27,37-38H,5-6,8-10,12-15,20-23H2,1-4H3;1-2H3. The number of amides is 1. The van der Waals surface area contributed by atoms with E-state index >= 15 is 8.78 Å². The Morgan fingerprint density at radius 1 is 0.983 bits per heavy atom. The van der Waals surface area contributed by atoms with Crippen LogP contribution in [-0.4, -0.2) is 89.7 Å². The number of nitrogens with zero attached hydrogens (tertiary/aromatic N) is 8. The van der Waals surface area contributed by atoms with Gasteiger partial charge >= 0.3 is 5.97 Å². The van der Waals surface area contributed by atoms with Crippen LogP contribution in [0, 0.1) is 5.92 Å². The van der Waals surface area contributed by atoms with Crippen molar-refractivity contribution in [3.63, 3.8) is 0 Å². The molecule has 2 saturated heterocycles. The molecule has 4 aromatic rings. The summed E-state index contributed by atoms with van der Waals surface area (Å²) in [6.07, 6.45) is 4.81. The van der Waals surface area contributed by atoms with Gasteiger partial charge in [-0.05, 0) is 60.9 Å². The third-order valence-electron chi connectivity index (χ3n) is 12.6. The lowest BCUT2D eigenvalue weighted by atomic mass is 9.75. The topological polar surface area (TPSA) is 122 Å². The lowest BCUT2D eigenvalue weighted by Crippen LogP contribution is -2.61. The maximum atomic E-state index is 15.4. The molecule has 0 saturated carbocycles. The van der Waals surface area contributed by atoms with Gasteiger partial charge in [0.2, 0.25) is 5.91 Å². The van der Waals surface area contributed by atoms with E-state index in [9.17, 15) is 9.59 Å². The van der Waals surface area contributed by atoms with Crippen LogP contribution >= 0.6 is 0 Å². The molecule has 15 heteroatoms. The third-order valence-corrected chi connectivity index (χ3v) is 12.6. The number of fused-ring (bicyclic) bond motifs is 4. The highest BCUT2D eigenvalue weighted by Gasteiger charge is 2.53. The lowest BCUT2D eigenvalue weighted by molar-refractivity contribution is -0.144. The van der Waals surface area contributed by atoms with Crippen LogP contribution in [0.1, 0.15) is 106 Å². The van der Waals surface area contributed by atoms with E-state index in [1.54, 1.807) is 31.5 Å². The fourth-order valence-corrected chi connectivity index (χ4v) is 9.68. The van der Waals surface area contributed by atoms with Gasteiger partial charge < -0.3 is 33.6 Å². The Morgan fingerprint density at radius 2 is 1.76 bits per heavy atom. The number of esters is 1. The Kier molecular flexibility index (Phi) is 10.9. The van der Waals surface area contributed by atoms with Crippen molar-refractivity contribution in [1.82, 2.24) is 24.8 Å². The molecular weight excluding hydrogens is 747 g/mol. The Labute approximate surface area is 338 Å². The maximum absolute atomic E-state index is 15.4. The summed E-state index contributed by atoms with van der Waals surface area (Å²) < 4.78 is 49.3. The van der Waals surface area contributed by atoms with Crippen molar-refractivity contribution in [3.8, 4) is 0 Å². The minimum absolute atomic E-state index is 0.0148. The molecule has 3 aromatic heterocycles. The predicted octanol–water partition coefficient (Wildman–Crippen LogP) is 7.39. The lowest BCUT2D eigenvalue weighted by Gasteiger charge is -2.48. The van der Waals surface area contributed by atoms with Crippen LogP contribution in [0.4, 0.5) is 37.5 Å². The zero-order valence-corrected chi connectivity index (χ0v) is 34.3. The Bertz CT molecular complexity index is 2160. The van der Waals surface area contributed by atoms with Crippen molar-refractivity contribution < 1.29 is 32.4 Å². The number of carbonyl (C=O) groups is 2. The first-order chi connectivity index (χ1) is 28.1. The molecule has 1 atom stereocenters. The van der Waals surface area contributed by atoms with Crippen molar-refractivity contribution in [2.75, 3.05) is 67.7 Å². The van der Waals surface area contributed by atoms with Gasteiger partial charge in [0.05, 0.1) is 42.7 Å². The van der Waals surface area contributed by atoms with Crippen molar-refractivity contribution in [2.24, 2.45) is 5.92 Å². The number of methoxy groups -OCH3 is 1. The summed E-state index contributed by atoms with van der Waals surface area (Å²) in [5.41, 5.74) is 5.86. The average molecular weight is 801 g/mol. The minimum Gasteiger partial charge on any atom is -0.468 e. The number of anilines is 5. The molecule has 1 spiro atoms. The van der Waals surface area contributed by atoms with Gasteiger partial charge in [0, 0.05) is 94.1 Å². The second-order valence-electron chi connectivity index (χ2n) is 16.3. The Hall–Kier alpha value is -5.05. The van der Waals surface area contributed by atoms with E-state index in [1.165, 1.54) is 7.11 Å². The van der Waals surface area contributed by atoms with Gasteiger partial charge in [-0.25, -0.2) is 8.78 Å². The Morgan fingerprint density at radius 3 is 2.47 bits per heavy atom. The number of pyridine rings is 1. The van der Waals surface area contributed by atoms with Crippen molar-refractivity contribution >= 4 is 40.6 Å². The van der Waals surface area contributed by atoms with Crippen LogP contribution in [-0.2, 0) is 43.9 Å². The fraction of sp³-hybridized carbons (Fsp3) is 0.558. The molecule has 0 radical (unpaired) electrons. The smallest absolute Gasteiger partial charge is 0.316 e. The zero-order valence-electron chi connectivity index (χ0n) is 34.3. The summed E-state index contributed by atoms with van der Waals surface area (Å²) in [6.45, 7) is 14.2. The van der Waals surface area contributed by atoms with Crippen LogP contribution in [0.5, 0.6) is 0 Å². The molecule has 0 bridgehead atoms. The van der Waals surface area contributed by atoms with Crippen molar-refractivity contribution in [3.05, 3.63) is 70.4 Å². The molecule has 1 aromatic carbocycles. The molecule has 1 unspecified atom stereocenters. The average Bonchev–Trinajstić information content (AvgIpc) is 3.95. The summed E-state index contributed by atoms with van der Waals surface area (Å²) >= 11 is 0. The van der Waals surface area contributed by atoms with Crippen LogP contribution < -0.4 is 14.7 Å². The summed E-state index contributed by atoms with van der Waals surface area (Å²) in [7, 11) is 1.37. The van der Waals surface area contributed by atoms with Gasteiger partial charge in [-0.1, -0.05) is 32.9 Å². The molecule has 5 aliphatic rings. The summed E-state index contributed by atoms with van der Waals surface area (Å²) in [4.78, 5) is 37.6. The van der Waals surface area contributed by atoms with Gasteiger partial charge in [-0.3, -0.25) is 19.3 Å². The number of alkyl halides is 2. The minimum atomic E-state index is -2.73. The highest BCUT2D eigenvalue weighted by atomic mass is 19.3. The van der Waals surface area contributed by atoms with Gasteiger partial charge in [0.25, 0.3) is 6.43 Å². The highest BCUT2D eigenvalue weighted by Crippen LogP contribution is 2.52. The van der Waals surface area contributed by atoms with E-state index in [-0.39, 0.29) is 34.8 Å². The van der Waals surface area contributed by atoms with Crippen LogP contribution in [0.25, 0.3) is 0 Å². The first-order valence-electron chi connectivity index (χ1n) is 20.7. The number of halogens is 2. The van der Waals surface area contributed by atoms with E-state index in [0.29, 0.717) is 76.2 Å². The second-order valence-corrected chi connectivity index (χ2v) is 16.3. The van der Waals surface area contributed by atoms with Gasteiger partial charge in [-0.2, -0.15) is 5.10 Å². The molecule has 5 aliphatic heterocycles. The number of hydrogen-bond acceptors (Lipinski definition) is 11. The van der Waals surface area contributed by atoms with Gasteiger partial charge in [-0.15, -0.1) is 0 Å². The largest absolute Gasteiger partial charge is 0.468 e. The number of benzene rings is 1. The number of aryl methyl sites for hydroxylation is 1. The molecular formula is C43H54F2N8O5. The van der Waals surface area contributed by atoms with E-state index in [2.05, 4.69) is 24.6 Å². The van der Waals surface area contributed by atoms with Crippen LogP contribution in [0.2, 0.25) is 0 Å². The third kappa shape index (κ3) is 6.78. The molecule has 8 heterocycles. The first kappa shape index (κ1) is 39.8. The van der Waals surface area contributed by atoms with E-state index < -0.39 is 12.3 Å². The number of rotatable bonds is 8. The quantitative estimate of drug-likeness (QED) is 0.166. The first-order valence-corrected chi connectivity index (χ1v) is 20.7. The predicted molar refractivity (Wildman–Crippen MR) is 215 cm³/mol. The Balaban J connectivity index is 0.00000231. The molecule has 310 valence electrons. The molecule has 1 amide bonds. The SMILES string of the molecule is CC.COC(=O)C(c1cc(N2CC3(C2)CN(c2cc4c(cc2C(F)F)N(c2nn(C5CCOCC5)c5c2CN(C(C)=O)CC5)CCC4)c2cnccc23)no1)C(C)C. The number of hydrogen-bond donors (Lipinski definition) is 0. The molecule has 58 heavy (non-hydrogen) atoms. The summed E-state index contributed by atoms with van der Waals surface area (Å²) in [5, 5.41) is 9.55. The van der Waals surface area contributed by atoms with Crippen LogP contribution in [0.15, 0.2) is 41.2 Å². The molecule has 13 nitrogen and oxygen atoms in total. The maximum Gasteiger partial charge on any atom is 0.316 e. The molecule has 9 rings (SSSR count). The number of ether oxygens (including phenoxy) is 2. The summed E-state index contributed by atoms with van der Waals surface area (Å²) in [6, 6.07) is 7.64. The second kappa shape index (κ2) is 16.0. The fourth-order valence-electron chi connectivity index (χ4n) is 9.68. The van der Waals surface area contributed by atoms with Crippen molar-refractivity contribution in [2.45, 2.75) is 97.1 Å².